The van der Waals surface area contributed by atoms with Crippen molar-refractivity contribution in [2.24, 2.45) is 0 Å². The first-order valence-electron chi connectivity index (χ1n) is 11.0. The molecule has 3 amide bonds. The van der Waals surface area contributed by atoms with Crippen molar-refractivity contribution in [3.05, 3.63) is 64.2 Å². The molecule has 0 spiro atoms. The Hall–Kier alpha value is -3.35. The highest BCUT2D eigenvalue weighted by molar-refractivity contribution is 5.99. The molecule has 0 bridgehead atoms. The van der Waals surface area contributed by atoms with Crippen LogP contribution in [0.15, 0.2) is 36.4 Å². The molecule has 178 valence electrons. The first-order chi connectivity index (χ1) is 15.3. The molecule has 33 heavy (non-hydrogen) atoms. The highest BCUT2D eigenvalue weighted by atomic mass is 16.6. The second-order valence-corrected chi connectivity index (χ2v) is 9.36. The van der Waals surface area contributed by atoms with Gasteiger partial charge in [0.15, 0.2) is 0 Å². The number of ether oxygens (including phenoxy) is 1. The third kappa shape index (κ3) is 7.07. The van der Waals surface area contributed by atoms with E-state index >= 15 is 0 Å². The van der Waals surface area contributed by atoms with Gasteiger partial charge in [0.25, 0.3) is 5.91 Å². The van der Waals surface area contributed by atoms with Gasteiger partial charge in [-0.1, -0.05) is 36.4 Å². The zero-order valence-electron chi connectivity index (χ0n) is 20.8. The Morgan fingerprint density at radius 2 is 1.55 bits per heavy atom. The van der Waals surface area contributed by atoms with Crippen molar-refractivity contribution in [2.75, 3.05) is 18.9 Å². The van der Waals surface area contributed by atoms with Crippen LogP contribution < -0.4 is 10.6 Å². The Kier molecular flexibility index (Phi) is 8.25. The van der Waals surface area contributed by atoms with E-state index in [1.807, 2.05) is 64.1 Å². The van der Waals surface area contributed by atoms with Gasteiger partial charge < -0.3 is 20.3 Å². The lowest BCUT2D eigenvalue weighted by atomic mass is 9.99. The summed E-state index contributed by atoms with van der Waals surface area (Å²) in [5, 5.41) is 5.47. The monoisotopic (exact) mass is 453 g/mol. The second kappa shape index (κ2) is 10.5. The van der Waals surface area contributed by atoms with E-state index in [1.165, 1.54) is 4.90 Å². The molecule has 0 aliphatic heterocycles. The van der Waals surface area contributed by atoms with Gasteiger partial charge in [-0.15, -0.1) is 0 Å². The summed E-state index contributed by atoms with van der Waals surface area (Å²) >= 11 is 0. The largest absolute Gasteiger partial charge is 0.444 e. The lowest BCUT2D eigenvalue weighted by Crippen LogP contribution is -2.44. The normalized spacial score (nSPS) is 12.0. The Balaban J connectivity index is 2.30. The summed E-state index contributed by atoms with van der Waals surface area (Å²) < 4.78 is 5.19. The van der Waals surface area contributed by atoms with Crippen LogP contribution in [-0.4, -0.2) is 42.0 Å². The molecule has 0 aliphatic rings. The Morgan fingerprint density at radius 3 is 2.09 bits per heavy atom. The molecule has 7 heteroatoms. The maximum atomic E-state index is 13.5. The van der Waals surface area contributed by atoms with Crippen molar-refractivity contribution >= 4 is 23.6 Å². The predicted octanol–water partition coefficient (Wildman–Crippen LogP) is 4.58. The number of benzene rings is 2. The van der Waals surface area contributed by atoms with Crippen molar-refractivity contribution in [3.8, 4) is 0 Å². The number of rotatable bonds is 6. The fourth-order valence-electron chi connectivity index (χ4n) is 3.42. The summed E-state index contributed by atoms with van der Waals surface area (Å²) in [4.78, 5) is 39.7. The zero-order chi connectivity index (χ0) is 24.9. The van der Waals surface area contributed by atoms with E-state index in [-0.39, 0.29) is 12.5 Å². The highest BCUT2D eigenvalue weighted by Gasteiger charge is 2.30. The molecule has 0 saturated carbocycles. The Morgan fingerprint density at radius 1 is 0.939 bits per heavy atom. The van der Waals surface area contributed by atoms with E-state index in [0.717, 1.165) is 27.9 Å². The van der Waals surface area contributed by atoms with E-state index in [4.69, 9.17) is 4.74 Å². The van der Waals surface area contributed by atoms with Gasteiger partial charge in [0.1, 0.15) is 18.2 Å². The number of nitrogens with zero attached hydrogens (tertiary/aromatic N) is 1. The smallest absolute Gasteiger partial charge is 0.408 e. The molecule has 1 unspecified atom stereocenters. The SMILES string of the molecule is Cc1ccc(C(C(=O)Nc2c(C)cccc2C)N(C)C(=O)CNC(=O)OC(C)(C)C)cc1C. The van der Waals surface area contributed by atoms with Gasteiger partial charge >= 0.3 is 6.09 Å². The Bertz CT molecular complexity index is 1020. The number of para-hydroxylation sites is 1. The maximum Gasteiger partial charge on any atom is 0.408 e. The predicted molar refractivity (Wildman–Crippen MR) is 130 cm³/mol. The van der Waals surface area contributed by atoms with Gasteiger partial charge in [0.2, 0.25) is 5.91 Å². The topological polar surface area (TPSA) is 87.7 Å². The molecule has 2 aromatic rings. The number of hydrogen-bond acceptors (Lipinski definition) is 4. The van der Waals surface area contributed by atoms with E-state index in [2.05, 4.69) is 10.6 Å². The molecule has 0 aliphatic carbocycles. The molecule has 2 rings (SSSR count). The summed E-state index contributed by atoms with van der Waals surface area (Å²) in [5.74, 6) is -0.746. The number of amides is 3. The second-order valence-electron chi connectivity index (χ2n) is 9.36. The summed E-state index contributed by atoms with van der Waals surface area (Å²) in [6.45, 7) is 12.7. The van der Waals surface area contributed by atoms with Gasteiger partial charge in [-0.05, 0) is 76.3 Å². The van der Waals surface area contributed by atoms with Crippen molar-refractivity contribution in [2.45, 2.75) is 60.1 Å². The molecule has 0 radical (unpaired) electrons. The number of carbonyl (C=O) groups excluding carboxylic acids is 3. The van der Waals surface area contributed by atoms with Crippen LogP contribution in [-0.2, 0) is 14.3 Å². The number of nitrogens with one attached hydrogen (secondary N) is 2. The quantitative estimate of drug-likeness (QED) is 0.670. The minimum Gasteiger partial charge on any atom is -0.444 e. The average Bonchev–Trinajstić information content (AvgIpc) is 2.70. The molecule has 0 aromatic heterocycles. The van der Waals surface area contributed by atoms with Gasteiger partial charge in [-0.3, -0.25) is 9.59 Å². The van der Waals surface area contributed by atoms with E-state index in [1.54, 1.807) is 27.8 Å². The van der Waals surface area contributed by atoms with Crippen LogP contribution in [0.4, 0.5) is 10.5 Å². The molecule has 2 N–H and O–H groups in total. The molecule has 2 aromatic carbocycles. The fourth-order valence-corrected chi connectivity index (χ4v) is 3.42. The van der Waals surface area contributed by atoms with Crippen LogP contribution in [0.3, 0.4) is 0 Å². The minimum atomic E-state index is -0.878. The molecule has 0 fully saturated rings. The minimum absolute atomic E-state index is 0.288. The van der Waals surface area contributed by atoms with Gasteiger partial charge in [0.05, 0.1) is 0 Å². The number of likely N-dealkylation sites (N-methyl/N-ethyl adjacent to an activating group) is 1. The van der Waals surface area contributed by atoms with E-state index in [9.17, 15) is 14.4 Å². The molecule has 7 nitrogen and oxygen atoms in total. The highest BCUT2D eigenvalue weighted by Crippen LogP contribution is 2.26. The maximum absolute atomic E-state index is 13.5. The van der Waals surface area contributed by atoms with Crippen molar-refractivity contribution in [1.82, 2.24) is 10.2 Å². The van der Waals surface area contributed by atoms with Crippen LogP contribution >= 0.6 is 0 Å². The lowest BCUT2D eigenvalue weighted by Gasteiger charge is -2.29. The molecule has 0 heterocycles. The summed E-state index contributed by atoms with van der Waals surface area (Å²) in [7, 11) is 1.56. The van der Waals surface area contributed by atoms with Crippen molar-refractivity contribution < 1.29 is 19.1 Å². The van der Waals surface area contributed by atoms with Crippen molar-refractivity contribution in [3.63, 3.8) is 0 Å². The summed E-state index contributed by atoms with van der Waals surface area (Å²) in [6.07, 6.45) is -0.688. The third-order valence-corrected chi connectivity index (χ3v) is 5.39. The molecular weight excluding hydrogens is 418 g/mol. The first-order valence-corrected chi connectivity index (χ1v) is 11.0. The van der Waals surface area contributed by atoms with Crippen LogP contribution in [0.2, 0.25) is 0 Å². The first kappa shape index (κ1) is 25.9. The molecule has 1 atom stereocenters. The van der Waals surface area contributed by atoms with E-state index < -0.39 is 23.6 Å². The number of anilines is 1. The number of alkyl carbamates (subject to hydrolysis) is 1. The van der Waals surface area contributed by atoms with Gasteiger partial charge in [-0.2, -0.15) is 0 Å². The summed E-state index contributed by atoms with van der Waals surface area (Å²) in [6, 6.07) is 10.6. The number of aryl methyl sites for hydroxylation is 4. The standard InChI is InChI=1S/C26H35N3O4/c1-16-12-13-20(14-19(16)4)23(24(31)28-22-17(2)10-9-11-18(22)3)29(8)21(30)15-27-25(32)33-26(5,6)7/h9-14,23H,15H2,1-8H3,(H,27,32)(H,28,31). The number of carbonyl (C=O) groups is 3. The average molecular weight is 454 g/mol. The van der Waals surface area contributed by atoms with Gasteiger partial charge in [-0.25, -0.2) is 4.79 Å². The van der Waals surface area contributed by atoms with Crippen molar-refractivity contribution in [1.29, 1.82) is 0 Å². The lowest BCUT2D eigenvalue weighted by molar-refractivity contribution is -0.136. The molecular formula is C26H35N3O4. The van der Waals surface area contributed by atoms with Crippen LogP contribution in [0, 0.1) is 27.7 Å². The van der Waals surface area contributed by atoms with Crippen LogP contribution in [0.25, 0.3) is 0 Å². The Labute approximate surface area is 196 Å². The third-order valence-electron chi connectivity index (χ3n) is 5.39. The van der Waals surface area contributed by atoms with Crippen LogP contribution in [0.5, 0.6) is 0 Å². The molecule has 0 saturated heterocycles. The van der Waals surface area contributed by atoms with Crippen LogP contribution in [0.1, 0.15) is 54.6 Å². The summed E-state index contributed by atoms with van der Waals surface area (Å²) in [5.41, 5.74) is 4.72. The van der Waals surface area contributed by atoms with Gasteiger partial charge in [0, 0.05) is 12.7 Å². The van der Waals surface area contributed by atoms with E-state index in [0.29, 0.717) is 5.56 Å². The number of hydrogen-bond donors (Lipinski definition) is 2. The zero-order valence-corrected chi connectivity index (χ0v) is 20.8. The fraction of sp³-hybridized carbons (Fsp3) is 0.423.